The first-order chi connectivity index (χ1) is 9.20. The zero-order chi connectivity index (χ0) is 13.7. The molecular formula is C15H27NO2S. The lowest BCUT2D eigenvalue weighted by molar-refractivity contribution is -0.138. The van der Waals surface area contributed by atoms with Crippen LogP contribution in [0.2, 0.25) is 0 Å². The Morgan fingerprint density at radius 1 is 1.32 bits per heavy atom. The molecule has 1 aliphatic heterocycles. The third kappa shape index (κ3) is 4.38. The third-order valence-corrected chi connectivity index (χ3v) is 5.76. The van der Waals surface area contributed by atoms with Crippen molar-refractivity contribution in [3.05, 3.63) is 0 Å². The van der Waals surface area contributed by atoms with Crippen LogP contribution >= 0.6 is 11.8 Å². The van der Waals surface area contributed by atoms with Crippen LogP contribution in [-0.4, -0.2) is 46.1 Å². The maximum atomic E-state index is 11.0. The van der Waals surface area contributed by atoms with Gasteiger partial charge >= 0.3 is 5.97 Å². The summed E-state index contributed by atoms with van der Waals surface area (Å²) in [5.41, 5.74) is 0. The van der Waals surface area contributed by atoms with Crippen molar-refractivity contribution < 1.29 is 9.90 Å². The Morgan fingerprint density at radius 3 is 2.68 bits per heavy atom. The third-order valence-electron chi connectivity index (χ3n) is 4.67. The van der Waals surface area contributed by atoms with E-state index in [4.69, 9.17) is 5.11 Å². The van der Waals surface area contributed by atoms with Gasteiger partial charge in [-0.1, -0.05) is 19.8 Å². The first-order valence-electron chi connectivity index (χ1n) is 7.76. The number of hydrogen-bond donors (Lipinski definition) is 1. The number of rotatable bonds is 5. The Morgan fingerprint density at radius 2 is 2.05 bits per heavy atom. The van der Waals surface area contributed by atoms with Gasteiger partial charge in [-0.25, -0.2) is 0 Å². The highest BCUT2D eigenvalue weighted by molar-refractivity contribution is 7.99. The number of carboxylic acid groups (broad SMARTS) is 1. The summed E-state index contributed by atoms with van der Waals surface area (Å²) >= 11 is 1.92. The van der Waals surface area contributed by atoms with E-state index >= 15 is 0 Å². The highest BCUT2D eigenvalue weighted by atomic mass is 32.2. The molecule has 1 saturated carbocycles. The molecule has 0 aromatic carbocycles. The lowest BCUT2D eigenvalue weighted by atomic mass is 9.82. The molecule has 0 aromatic rings. The normalized spacial score (nSPS) is 33.2. The zero-order valence-corrected chi connectivity index (χ0v) is 12.8. The van der Waals surface area contributed by atoms with Crippen molar-refractivity contribution in [2.45, 2.75) is 64.0 Å². The molecule has 0 aromatic heterocycles. The number of carboxylic acids is 1. The van der Waals surface area contributed by atoms with Crippen LogP contribution in [0.1, 0.15) is 51.9 Å². The van der Waals surface area contributed by atoms with E-state index in [0.29, 0.717) is 12.5 Å². The summed E-state index contributed by atoms with van der Waals surface area (Å²) in [4.78, 5) is 13.5. The van der Waals surface area contributed by atoms with Gasteiger partial charge in [0.05, 0.1) is 6.42 Å². The fourth-order valence-corrected chi connectivity index (χ4v) is 4.79. The van der Waals surface area contributed by atoms with E-state index in [-0.39, 0.29) is 6.04 Å². The van der Waals surface area contributed by atoms with Crippen molar-refractivity contribution in [2.24, 2.45) is 5.92 Å². The molecule has 3 nitrogen and oxygen atoms in total. The number of carbonyl (C=O) groups is 1. The second kappa shape index (κ2) is 7.53. The van der Waals surface area contributed by atoms with E-state index in [2.05, 4.69) is 11.8 Å². The topological polar surface area (TPSA) is 40.5 Å². The standard InChI is InChI=1S/C15H27NO2S/c1-2-3-12-4-6-13(7-5-12)16-8-9-19-11-14(16)10-15(17)18/h12-14H,2-11H2,1H3,(H,17,18). The fourth-order valence-electron chi connectivity index (χ4n) is 3.70. The van der Waals surface area contributed by atoms with Crippen LogP contribution in [0.4, 0.5) is 0 Å². The van der Waals surface area contributed by atoms with Crippen LogP contribution in [0.3, 0.4) is 0 Å². The van der Waals surface area contributed by atoms with Crippen LogP contribution in [0.15, 0.2) is 0 Å². The summed E-state index contributed by atoms with van der Waals surface area (Å²) in [7, 11) is 0. The molecule has 110 valence electrons. The van der Waals surface area contributed by atoms with Crippen LogP contribution < -0.4 is 0 Å². The van der Waals surface area contributed by atoms with E-state index in [1.807, 2.05) is 11.8 Å². The summed E-state index contributed by atoms with van der Waals surface area (Å²) in [5, 5.41) is 9.06. The maximum Gasteiger partial charge on any atom is 0.304 e. The lowest BCUT2D eigenvalue weighted by Gasteiger charge is -2.43. The highest BCUT2D eigenvalue weighted by Gasteiger charge is 2.32. The van der Waals surface area contributed by atoms with E-state index < -0.39 is 5.97 Å². The van der Waals surface area contributed by atoms with E-state index in [1.165, 1.54) is 44.3 Å². The minimum absolute atomic E-state index is 0.268. The van der Waals surface area contributed by atoms with Crippen molar-refractivity contribution in [1.29, 1.82) is 0 Å². The molecule has 19 heavy (non-hydrogen) atoms. The second-order valence-electron chi connectivity index (χ2n) is 6.03. The van der Waals surface area contributed by atoms with Crippen molar-refractivity contribution in [3.63, 3.8) is 0 Å². The van der Waals surface area contributed by atoms with Crippen LogP contribution in [0.25, 0.3) is 0 Å². The summed E-state index contributed by atoms with van der Waals surface area (Å²) < 4.78 is 0. The van der Waals surface area contributed by atoms with Gasteiger partial charge in [-0.15, -0.1) is 0 Å². The molecule has 1 saturated heterocycles. The molecule has 2 rings (SSSR count). The molecule has 1 N–H and O–H groups in total. The Hall–Kier alpha value is -0.220. The number of aliphatic carboxylic acids is 1. The van der Waals surface area contributed by atoms with Crippen molar-refractivity contribution in [2.75, 3.05) is 18.1 Å². The number of hydrogen-bond acceptors (Lipinski definition) is 3. The summed E-state index contributed by atoms with van der Waals surface area (Å²) in [5.74, 6) is 2.46. The van der Waals surface area contributed by atoms with Gasteiger partial charge in [-0.05, 0) is 31.6 Å². The maximum absolute atomic E-state index is 11.0. The highest BCUT2D eigenvalue weighted by Crippen LogP contribution is 2.33. The predicted octanol–water partition coefficient (Wildman–Crippen LogP) is 3.24. The van der Waals surface area contributed by atoms with Crippen LogP contribution in [-0.2, 0) is 4.79 Å². The molecule has 2 fully saturated rings. The molecular weight excluding hydrogens is 258 g/mol. The minimum atomic E-state index is -0.642. The minimum Gasteiger partial charge on any atom is -0.481 e. The van der Waals surface area contributed by atoms with Crippen molar-refractivity contribution in [3.8, 4) is 0 Å². The van der Waals surface area contributed by atoms with E-state index in [1.54, 1.807) is 0 Å². The summed E-state index contributed by atoms with van der Waals surface area (Å²) in [6.45, 7) is 3.36. The van der Waals surface area contributed by atoms with Gasteiger partial charge in [0, 0.05) is 30.1 Å². The molecule has 0 spiro atoms. The van der Waals surface area contributed by atoms with Gasteiger partial charge in [0.1, 0.15) is 0 Å². The summed E-state index contributed by atoms with van der Waals surface area (Å²) in [6.07, 6.45) is 8.27. The molecule has 2 aliphatic rings. The quantitative estimate of drug-likeness (QED) is 0.842. The largest absolute Gasteiger partial charge is 0.481 e. The molecule has 1 heterocycles. The Balaban J connectivity index is 1.86. The molecule has 1 unspecified atom stereocenters. The molecule has 4 heteroatoms. The zero-order valence-electron chi connectivity index (χ0n) is 12.0. The van der Waals surface area contributed by atoms with Crippen LogP contribution in [0, 0.1) is 5.92 Å². The van der Waals surface area contributed by atoms with Gasteiger partial charge in [-0.3, -0.25) is 9.69 Å². The average molecular weight is 285 g/mol. The number of nitrogens with zero attached hydrogens (tertiary/aromatic N) is 1. The predicted molar refractivity (Wildman–Crippen MR) is 80.7 cm³/mol. The average Bonchev–Trinajstić information content (AvgIpc) is 2.40. The fraction of sp³-hybridized carbons (Fsp3) is 0.933. The monoisotopic (exact) mass is 285 g/mol. The van der Waals surface area contributed by atoms with Gasteiger partial charge in [-0.2, -0.15) is 11.8 Å². The molecule has 0 bridgehead atoms. The Bertz CT molecular complexity index is 290. The van der Waals surface area contributed by atoms with Crippen molar-refractivity contribution in [1.82, 2.24) is 4.90 Å². The molecule has 0 amide bonds. The van der Waals surface area contributed by atoms with E-state index in [0.717, 1.165) is 18.2 Å². The van der Waals surface area contributed by atoms with Gasteiger partial charge in [0.25, 0.3) is 0 Å². The SMILES string of the molecule is CCCC1CCC(N2CCSCC2CC(=O)O)CC1. The first kappa shape index (κ1) is 15.2. The van der Waals surface area contributed by atoms with E-state index in [9.17, 15) is 4.79 Å². The van der Waals surface area contributed by atoms with Gasteiger partial charge in [0.15, 0.2) is 0 Å². The Kier molecular flexibility index (Phi) is 6.02. The van der Waals surface area contributed by atoms with Crippen molar-refractivity contribution >= 4 is 17.7 Å². The Labute approximate surface area is 121 Å². The van der Waals surface area contributed by atoms with Crippen LogP contribution in [0.5, 0.6) is 0 Å². The second-order valence-corrected chi connectivity index (χ2v) is 7.18. The number of thioether (sulfide) groups is 1. The molecule has 0 radical (unpaired) electrons. The van der Waals surface area contributed by atoms with Gasteiger partial charge < -0.3 is 5.11 Å². The van der Waals surface area contributed by atoms with Gasteiger partial charge in [0.2, 0.25) is 0 Å². The first-order valence-corrected chi connectivity index (χ1v) is 8.91. The molecule has 1 atom stereocenters. The lowest BCUT2D eigenvalue weighted by Crippen LogP contribution is -2.50. The summed E-state index contributed by atoms with van der Waals surface area (Å²) in [6, 6.07) is 0.919. The molecule has 1 aliphatic carbocycles. The smallest absolute Gasteiger partial charge is 0.304 e.